The molecule has 1 saturated heterocycles. The number of nitrogens with zero attached hydrogens (tertiary/aromatic N) is 2. The number of carboxylic acids is 1. The van der Waals surface area contributed by atoms with Crippen molar-refractivity contribution in [1.29, 1.82) is 0 Å². The number of hydrogen-bond donors (Lipinski definition) is 1. The van der Waals surface area contributed by atoms with Crippen molar-refractivity contribution in [3.8, 4) is 0 Å². The van der Waals surface area contributed by atoms with E-state index >= 15 is 0 Å². The zero-order valence-electron chi connectivity index (χ0n) is 9.07. The Balaban J connectivity index is 1.95. The minimum Gasteiger partial charge on any atom is -0.481 e. The molecular formula is C11H12N2O4. The van der Waals surface area contributed by atoms with E-state index in [2.05, 4.69) is 4.98 Å². The molecule has 90 valence electrons. The Labute approximate surface area is 97.8 Å². The molecular weight excluding hydrogens is 224 g/mol. The highest BCUT2D eigenvalue weighted by molar-refractivity contribution is 5.72. The number of ether oxygens (including phenoxy) is 1. The van der Waals surface area contributed by atoms with E-state index < -0.39 is 18.2 Å². The van der Waals surface area contributed by atoms with Crippen LogP contribution in [0.5, 0.6) is 0 Å². The first kappa shape index (κ1) is 11.4. The summed E-state index contributed by atoms with van der Waals surface area (Å²) >= 11 is 0. The van der Waals surface area contributed by atoms with Gasteiger partial charge in [-0.25, -0.2) is 4.79 Å². The topological polar surface area (TPSA) is 79.7 Å². The Kier molecular flexibility index (Phi) is 3.22. The number of carboxylic acid groups (broad SMARTS) is 1. The smallest absolute Gasteiger partial charge is 0.410 e. The predicted molar refractivity (Wildman–Crippen MR) is 57.2 cm³/mol. The zero-order chi connectivity index (χ0) is 12.3. The molecule has 1 N–H and O–H groups in total. The number of aliphatic carboxylic acids is 1. The lowest BCUT2D eigenvalue weighted by molar-refractivity contribution is -0.138. The van der Waals surface area contributed by atoms with E-state index in [1.54, 1.807) is 18.5 Å². The Bertz CT molecular complexity index is 421. The molecule has 1 aromatic rings. The molecule has 0 bridgehead atoms. The summed E-state index contributed by atoms with van der Waals surface area (Å²) in [6, 6.07) is 3.64. The van der Waals surface area contributed by atoms with Crippen molar-refractivity contribution < 1.29 is 19.4 Å². The maximum Gasteiger partial charge on any atom is 0.410 e. The molecule has 0 saturated carbocycles. The predicted octanol–water partition coefficient (Wildman–Crippen LogP) is 0.877. The molecule has 0 spiro atoms. The second kappa shape index (κ2) is 4.82. The number of carbonyl (C=O) groups excluding carboxylic acids is 1. The minimum absolute atomic E-state index is 0.157. The highest BCUT2D eigenvalue weighted by Gasteiger charge is 2.32. The van der Waals surface area contributed by atoms with Gasteiger partial charge >= 0.3 is 12.1 Å². The zero-order valence-corrected chi connectivity index (χ0v) is 9.07. The van der Waals surface area contributed by atoms with E-state index in [0.717, 1.165) is 5.56 Å². The average Bonchev–Trinajstić information content (AvgIpc) is 2.59. The number of rotatable bonds is 4. The molecule has 1 aliphatic heterocycles. The van der Waals surface area contributed by atoms with E-state index in [0.29, 0.717) is 13.1 Å². The fourth-order valence-corrected chi connectivity index (χ4v) is 1.72. The summed E-state index contributed by atoms with van der Waals surface area (Å²) in [6.07, 6.45) is 2.13. The summed E-state index contributed by atoms with van der Waals surface area (Å²) < 4.78 is 4.94. The molecule has 6 heteroatoms. The molecule has 1 fully saturated rings. The van der Waals surface area contributed by atoms with Gasteiger partial charge in [0.15, 0.2) is 0 Å². The maximum atomic E-state index is 11.5. The van der Waals surface area contributed by atoms with Crippen molar-refractivity contribution in [1.82, 2.24) is 9.88 Å². The summed E-state index contributed by atoms with van der Waals surface area (Å²) in [5.74, 6) is -0.967. The number of aromatic nitrogens is 1. The van der Waals surface area contributed by atoms with Gasteiger partial charge in [0.1, 0.15) is 6.10 Å². The van der Waals surface area contributed by atoms with E-state index in [1.807, 2.05) is 6.07 Å². The maximum absolute atomic E-state index is 11.5. The average molecular weight is 236 g/mol. The van der Waals surface area contributed by atoms with Crippen molar-refractivity contribution in [2.45, 2.75) is 19.1 Å². The SMILES string of the molecule is O=C(O)CC1CN(Cc2cccnc2)C(=O)O1. The van der Waals surface area contributed by atoms with Crippen LogP contribution in [-0.4, -0.2) is 39.7 Å². The van der Waals surface area contributed by atoms with Gasteiger partial charge in [0.2, 0.25) is 0 Å². The van der Waals surface area contributed by atoms with Gasteiger partial charge in [-0.1, -0.05) is 6.07 Å². The molecule has 1 aromatic heterocycles. The Morgan fingerprint density at radius 1 is 1.65 bits per heavy atom. The second-order valence-corrected chi connectivity index (χ2v) is 3.85. The van der Waals surface area contributed by atoms with Crippen LogP contribution in [0.4, 0.5) is 4.79 Å². The molecule has 0 radical (unpaired) electrons. The van der Waals surface area contributed by atoms with Crippen LogP contribution >= 0.6 is 0 Å². The highest BCUT2D eigenvalue weighted by atomic mass is 16.6. The van der Waals surface area contributed by atoms with Crippen LogP contribution in [0.25, 0.3) is 0 Å². The van der Waals surface area contributed by atoms with Gasteiger partial charge in [0.05, 0.1) is 19.5 Å². The number of hydrogen-bond acceptors (Lipinski definition) is 4. The van der Waals surface area contributed by atoms with Gasteiger partial charge in [0, 0.05) is 12.4 Å². The third kappa shape index (κ3) is 2.93. The molecule has 1 unspecified atom stereocenters. The summed E-state index contributed by atoms with van der Waals surface area (Å²) in [5, 5.41) is 8.62. The van der Waals surface area contributed by atoms with Crippen molar-refractivity contribution >= 4 is 12.1 Å². The van der Waals surface area contributed by atoms with Gasteiger partial charge in [0.25, 0.3) is 0 Å². The lowest BCUT2D eigenvalue weighted by atomic mass is 10.2. The molecule has 1 atom stereocenters. The van der Waals surface area contributed by atoms with E-state index in [1.165, 1.54) is 4.90 Å². The Morgan fingerprint density at radius 2 is 2.47 bits per heavy atom. The summed E-state index contributed by atoms with van der Waals surface area (Å²) in [5.41, 5.74) is 0.889. The number of amides is 1. The number of cyclic esters (lactones) is 1. The summed E-state index contributed by atoms with van der Waals surface area (Å²) in [4.78, 5) is 27.4. The third-order valence-electron chi connectivity index (χ3n) is 2.45. The fourth-order valence-electron chi connectivity index (χ4n) is 1.72. The second-order valence-electron chi connectivity index (χ2n) is 3.85. The highest BCUT2D eigenvalue weighted by Crippen LogP contribution is 2.16. The van der Waals surface area contributed by atoms with Gasteiger partial charge in [-0.15, -0.1) is 0 Å². The van der Waals surface area contributed by atoms with Crippen LogP contribution in [0.2, 0.25) is 0 Å². The lowest BCUT2D eigenvalue weighted by Crippen LogP contribution is -2.25. The van der Waals surface area contributed by atoms with Crippen LogP contribution < -0.4 is 0 Å². The van der Waals surface area contributed by atoms with E-state index in [9.17, 15) is 9.59 Å². The van der Waals surface area contributed by atoms with Crippen LogP contribution in [-0.2, 0) is 16.1 Å². The quantitative estimate of drug-likeness (QED) is 0.839. The minimum atomic E-state index is -0.967. The van der Waals surface area contributed by atoms with Crippen molar-refractivity contribution in [2.24, 2.45) is 0 Å². The van der Waals surface area contributed by atoms with Gasteiger partial charge < -0.3 is 14.7 Å². The number of pyridine rings is 1. The lowest BCUT2D eigenvalue weighted by Gasteiger charge is -2.11. The first-order valence-corrected chi connectivity index (χ1v) is 5.21. The molecule has 1 aliphatic rings. The van der Waals surface area contributed by atoms with Crippen LogP contribution in [0.3, 0.4) is 0 Å². The van der Waals surface area contributed by atoms with E-state index in [4.69, 9.17) is 9.84 Å². The van der Waals surface area contributed by atoms with Crippen LogP contribution in [0, 0.1) is 0 Å². The van der Waals surface area contributed by atoms with Crippen molar-refractivity contribution in [3.05, 3.63) is 30.1 Å². The van der Waals surface area contributed by atoms with Crippen LogP contribution in [0.15, 0.2) is 24.5 Å². The molecule has 2 rings (SSSR count). The third-order valence-corrected chi connectivity index (χ3v) is 2.45. The molecule has 1 amide bonds. The number of carbonyl (C=O) groups is 2. The normalized spacial score (nSPS) is 19.2. The fraction of sp³-hybridized carbons (Fsp3) is 0.364. The Hall–Kier alpha value is -2.11. The molecule has 0 aliphatic carbocycles. The van der Waals surface area contributed by atoms with Gasteiger partial charge in [-0.2, -0.15) is 0 Å². The first-order chi connectivity index (χ1) is 8.15. The monoisotopic (exact) mass is 236 g/mol. The molecule has 6 nitrogen and oxygen atoms in total. The van der Waals surface area contributed by atoms with Crippen LogP contribution in [0.1, 0.15) is 12.0 Å². The summed E-state index contributed by atoms with van der Waals surface area (Å²) in [6.45, 7) is 0.697. The van der Waals surface area contributed by atoms with Crippen molar-refractivity contribution in [3.63, 3.8) is 0 Å². The summed E-state index contributed by atoms with van der Waals surface area (Å²) in [7, 11) is 0. The Morgan fingerprint density at radius 3 is 3.12 bits per heavy atom. The molecule has 0 aromatic carbocycles. The van der Waals surface area contributed by atoms with Gasteiger partial charge in [-0.05, 0) is 11.6 Å². The largest absolute Gasteiger partial charge is 0.481 e. The first-order valence-electron chi connectivity index (χ1n) is 5.21. The molecule has 17 heavy (non-hydrogen) atoms. The standard InChI is InChI=1S/C11H12N2O4/c14-10(15)4-9-7-13(11(16)17-9)6-8-2-1-3-12-5-8/h1-3,5,9H,4,6-7H2,(H,14,15). The van der Waals surface area contributed by atoms with Gasteiger partial charge in [-0.3, -0.25) is 9.78 Å². The van der Waals surface area contributed by atoms with E-state index in [-0.39, 0.29) is 6.42 Å². The molecule has 2 heterocycles. The van der Waals surface area contributed by atoms with Crippen molar-refractivity contribution in [2.75, 3.05) is 6.54 Å².